The van der Waals surface area contributed by atoms with Gasteiger partial charge < -0.3 is 0 Å². The lowest BCUT2D eigenvalue weighted by Gasteiger charge is -2.07. The third-order valence-corrected chi connectivity index (χ3v) is 2.56. The number of carbonyl (C=O) groups excluding carboxylic acids is 1. The molecule has 0 bridgehead atoms. The maximum Gasteiger partial charge on any atom is 0.137 e. The van der Waals surface area contributed by atoms with Gasteiger partial charge in [0, 0.05) is 12.3 Å². The minimum absolute atomic E-state index is 0.0206. The molecule has 2 nitrogen and oxygen atoms in total. The minimum Gasteiger partial charge on any atom is -0.299 e. The zero-order valence-electron chi connectivity index (χ0n) is 7.99. The molecule has 13 heavy (non-hydrogen) atoms. The highest BCUT2D eigenvalue weighted by molar-refractivity contribution is 5.84. The van der Waals surface area contributed by atoms with Crippen molar-refractivity contribution in [2.45, 2.75) is 32.6 Å². The van der Waals surface area contributed by atoms with Crippen LogP contribution in [0.5, 0.6) is 0 Å². The normalized spacial score (nSPS) is 28.2. The summed E-state index contributed by atoms with van der Waals surface area (Å²) in [5.41, 5.74) is 0. The number of nitriles is 1. The van der Waals surface area contributed by atoms with Crippen LogP contribution in [0.25, 0.3) is 0 Å². The standard InChI is InChI=1S/C11H15NO/c1-2-3-4-5-10-9(8-12)6-7-11(10)13/h3-4,9-10H,2,5-7H2,1H3/b4-3+. The third-order valence-electron chi connectivity index (χ3n) is 2.56. The molecule has 1 aliphatic rings. The highest BCUT2D eigenvalue weighted by Gasteiger charge is 2.33. The number of carbonyl (C=O) groups is 1. The number of hydrogen-bond acceptors (Lipinski definition) is 2. The van der Waals surface area contributed by atoms with Crippen molar-refractivity contribution in [3.8, 4) is 6.07 Å². The first-order valence-corrected chi connectivity index (χ1v) is 4.87. The zero-order chi connectivity index (χ0) is 9.68. The molecule has 2 atom stereocenters. The second-order valence-corrected chi connectivity index (χ2v) is 3.46. The molecule has 0 aromatic carbocycles. The average molecular weight is 177 g/mol. The van der Waals surface area contributed by atoms with Crippen LogP contribution in [0.15, 0.2) is 12.2 Å². The van der Waals surface area contributed by atoms with Gasteiger partial charge in [-0.05, 0) is 19.3 Å². The van der Waals surface area contributed by atoms with E-state index in [1.54, 1.807) is 0 Å². The molecule has 70 valence electrons. The van der Waals surface area contributed by atoms with Gasteiger partial charge in [0.2, 0.25) is 0 Å². The Morgan fingerprint density at radius 1 is 1.62 bits per heavy atom. The Bertz CT molecular complexity index is 249. The largest absolute Gasteiger partial charge is 0.299 e. The number of nitrogens with zero attached hydrogens (tertiary/aromatic N) is 1. The molecule has 0 radical (unpaired) electrons. The molecular weight excluding hydrogens is 162 g/mol. The van der Waals surface area contributed by atoms with Gasteiger partial charge >= 0.3 is 0 Å². The van der Waals surface area contributed by atoms with Crippen molar-refractivity contribution in [1.82, 2.24) is 0 Å². The minimum atomic E-state index is -0.0333. The number of rotatable bonds is 3. The van der Waals surface area contributed by atoms with Crippen molar-refractivity contribution >= 4 is 5.78 Å². The van der Waals surface area contributed by atoms with E-state index in [1.165, 1.54) is 0 Å². The van der Waals surface area contributed by atoms with E-state index in [1.807, 2.05) is 6.08 Å². The summed E-state index contributed by atoms with van der Waals surface area (Å²) >= 11 is 0. The first-order valence-electron chi connectivity index (χ1n) is 4.87. The fourth-order valence-electron chi connectivity index (χ4n) is 1.77. The Morgan fingerprint density at radius 2 is 2.38 bits per heavy atom. The fraction of sp³-hybridized carbons (Fsp3) is 0.636. The van der Waals surface area contributed by atoms with Crippen LogP contribution in [0.2, 0.25) is 0 Å². The molecule has 0 amide bonds. The molecule has 1 fully saturated rings. The van der Waals surface area contributed by atoms with Crippen molar-refractivity contribution in [3.63, 3.8) is 0 Å². The molecule has 0 spiro atoms. The van der Waals surface area contributed by atoms with Gasteiger partial charge in [-0.1, -0.05) is 19.1 Å². The van der Waals surface area contributed by atoms with Gasteiger partial charge in [0.1, 0.15) is 5.78 Å². The Balaban J connectivity index is 2.51. The Labute approximate surface area is 79.2 Å². The van der Waals surface area contributed by atoms with Crippen LogP contribution in [-0.2, 0) is 4.79 Å². The molecule has 1 aliphatic carbocycles. The monoisotopic (exact) mass is 177 g/mol. The molecule has 0 aliphatic heterocycles. The number of ketones is 1. The van der Waals surface area contributed by atoms with Gasteiger partial charge in [-0.2, -0.15) is 5.26 Å². The van der Waals surface area contributed by atoms with E-state index in [0.29, 0.717) is 6.42 Å². The Morgan fingerprint density at radius 3 is 3.00 bits per heavy atom. The van der Waals surface area contributed by atoms with Gasteiger partial charge in [0.05, 0.1) is 12.0 Å². The molecule has 0 aromatic rings. The van der Waals surface area contributed by atoms with E-state index >= 15 is 0 Å². The van der Waals surface area contributed by atoms with E-state index in [0.717, 1.165) is 19.3 Å². The van der Waals surface area contributed by atoms with Crippen LogP contribution in [0, 0.1) is 23.2 Å². The maximum atomic E-state index is 11.4. The first-order chi connectivity index (χ1) is 6.29. The summed E-state index contributed by atoms with van der Waals surface area (Å²) in [7, 11) is 0. The highest BCUT2D eigenvalue weighted by Crippen LogP contribution is 2.30. The summed E-state index contributed by atoms with van der Waals surface area (Å²) in [6.07, 6.45) is 7.20. The first kappa shape index (κ1) is 9.98. The van der Waals surface area contributed by atoms with Gasteiger partial charge in [-0.25, -0.2) is 0 Å². The molecule has 2 unspecified atom stereocenters. The predicted molar refractivity (Wildman–Crippen MR) is 50.9 cm³/mol. The molecular formula is C11H15NO. The third kappa shape index (κ3) is 2.42. The van der Waals surface area contributed by atoms with Gasteiger partial charge in [-0.3, -0.25) is 4.79 Å². The smallest absolute Gasteiger partial charge is 0.137 e. The van der Waals surface area contributed by atoms with Crippen molar-refractivity contribution in [2.75, 3.05) is 0 Å². The van der Waals surface area contributed by atoms with E-state index < -0.39 is 0 Å². The van der Waals surface area contributed by atoms with E-state index in [2.05, 4.69) is 19.1 Å². The Kier molecular flexibility index (Phi) is 3.70. The molecule has 0 N–H and O–H groups in total. The van der Waals surface area contributed by atoms with Crippen LogP contribution in [0.3, 0.4) is 0 Å². The molecule has 1 saturated carbocycles. The lowest BCUT2D eigenvalue weighted by Crippen LogP contribution is -2.12. The molecule has 0 heterocycles. The summed E-state index contributed by atoms with van der Waals surface area (Å²) < 4.78 is 0. The van der Waals surface area contributed by atoms with Crippen LogP contribution in [0.4, 0.5) is 0 Å². The van der Waals surface area contributed by atoms with E-state index in [4.69, 9.17) is 5.26 Å². The van der Waals surface area contributed by atoms with Crippen molar-refractivity contribution in [3.05, 3.63) is 12.2 Å². The van der Waals surface area contributed by atoms with Crippen LogP contribution < -0.4 is 0 Å². The highest BCUT2D eigenvalue weighted by atomic mass is 16.1. The quantitative estimate of drug-likeness (QED) is 0.621. The lowest BCUT2D eigenvalue weighted by molar-refractivity contribution is -0.120. The second-order valence-electron chi connectivity index (χ2n) is 3.46. The van der Waals surface area contributed by atoms with E-state index in [9.17, 15) is 4.79 Å². The molecule has 2 heteroatoms. The zero-order valence-corrected chi connectivity index (χ0v) is 7.99. The molecule has 1 rings (SSSR count). The van der Waals surface area contributed by atoms with Crippen molar-refractivity contribution in [1.29, 1.82) is 5.26 Å². The predicted octanol–water partition coefficient (Wildman–Crippen LogP) is 2.46. The summed E-state index contributed by atoms with van der Waals surface area (Å²) in [4.78, 5) is 11.4. The fourth-order valence-corrected chi connectivity index (χ4v) is 1.77. The van der Waals surface area contributed by atoms with E-state index in [-0.39, 0.29) is 17.6 Å². The number of allylic oxidation sites excluding steroid dienone is 2. The van der Waals surface area contributed by atoms with Crippen molar-refractivity contribution in [2.24, 2.45) is 11.8 Å². The topological polar surface area (TPSA) is 40.9 Å². The molecule has 0 saturated heterocycles. The van der Waals surface area contributed by atoms with Gasteiger partial charge in [-0.15, -0.1) is 0 Å². The van der Waals surface area contributed by atoms with Crippen LogP contribution >= 0.6 is 0 Å². The Hall–Kier alpha value is -1.10. The summed E-state index contributed by atoms with van der Waals surface area (Å²) in [5, 5.41) is 8.78. The average Bonchev–Trinajstić information content (AvgIpc) is 2.48. The number of hydrogen-bond donors (Lipinski definition) is 0. The SMILES string of the molecule is CC/C=C/CC1C(=O)CCC1C#N. The van der Waals surface area contributed by atoms with Crippen LogP contribution in [-0.4, -0.2) is 5.78 Å². The van der Waals surface area contributed by atoms with Crippen LogP contribution in [0.1, 0.15) is 32.6 Å². The summed E-state index contributed by atoms with van der Waals surface area (Å²) in [6, 6.07) is 2.22. The maximum absolute atomic E-state index is 11.4. The van der Waals surface area contributed by atoms with Crippen molar-refractivity contribution < 1.29 is 4.79 Å². The molecule has 0 aromatic heterocycles. The lowest BCUT2D eigenvalue weighted by atomic mass is 9.93. The number of Topliss-reactive ketones (excluding diaryl/α,β-unsaturated/α-hetero) is 1. The van der Waals surface area contributed by atoms with Gasteiger partial charge in [0.15, 0.2) is 0 Å². The summed E-state index contributed by atoms with van der Waals surface area (Å²) in [5.74, 6) is 0.217. The summed E-state index contributed by atoms with van der Waals surface area (Å²) in [6.45, 7) is 2.06. The van der Waals surface area contributed by atoms with Gasteiger partial charge in [0.25, 0.3) is 0 Å². The second kappa shape index (κ2) is 4.81.